The maximum atomic E-state index is 6.23. The average molecular weight is 355 g/mol. The largest absolute Gasteiger partial charge is 0.444 e. The van der Waals surface area contributed by atoms with E-state index in [1.807, 2.05) is 32.9 Å². The number of rotatable bonds is 4. The van der Waals surface area contributed by atoms with Crippen molar-refractivity contribution >= 4 is 29.2 Å². The minimum atomic E-state index is -0.0287. The maximum Gasteiger partial charge on any atom is 0.214 e. The number of oxazole rings is 1. The fourth-order valence-corrected chi connectivity index (χ4v) is 2.68. The lowest BCUT2D eigenvalue weighted by Gasteiger charge is -2.19. The Bertz CT molecular complexity index is 693. The van der Waals surface area contributed by atoms with Gasteiger partial charge in [-0.1, -0.05) is 29.3 Å². The van der Waals surface area contributed by atoms with Crippen LogP contribution in [0.25, 0.3) is 0 Å². The van der Waals surface area contributed by atoms with Gasteiger partial charge < -0.3 is 15.1 Å². The van der Waals surface area contributed by atoms with Crippen molar-refractivity contribution in [3.63, 3.8) is 0 Å². The Balaban J connectivity index is 1.98. The molecule has 2 rings (SSSR count). The Kier molecular flexibility index (Phi) is 5.91. The standard InChI is InChI=1S/C16H20Cl2N4O/c1-9-11(3)23-15(21-9)8-20-16(19-4)22-10(2)13-6-5-12(17)7-14(13)18/h5-7,10H,8H2,1-4H3,(H2,19,20,22). The second kappa shape index (κ2) is 7.70. The molecule has 1 unspecified atom stereocenters. The highest BCUT2D eigenvalue weighted by Crippen LogP contribution is 2.25. The fraction of sp³-hybridized carbons (Fsp3) is 0.375. The first-order chi connectivity index (χ1) is 10.9. The fourth-order valence-electron chi connectivity index (χ4n) is 2.10. The van der Waals surface area contributed by atoms with E-state index in [1.54, 1.807) is 13.1 Å². The molecule has 1 heterocycles. The number of aryl methyl sites for hydroxylation is 2. The highest BCUT2D eigenvalue weighted by molar-refractivity contribution is 6.35. The second-order valence-electron chi connectivity index (χ2n) is 5.21. The van der Waals surface area contributed by atoms with E-state index in [2.05, 4.69) is 20.6 Å². The molecule has 0 radical (unpaired) electrons. The van der Waals surface area contributed by atoms with Crippen LogP contribution in [0.4, 0.5) is 0 Å². The van der Waals surface area contributed by atoms with Gasteiger partial charge in [0, 0.05) is 17.1 Å². The van der Waals surface area contributed by atoms with Gasteiger partial charge in [-0.05, 0) is 38.5 Å². The molecule has 23 heavy (non-hydrogen) atoms. The molecule has 5 nitrogen and oxygen atoms in total. The first-order valence-electron chi connectivity index (χ1n) is 7.25. The molecule has 0 aliphatic carbocycles. The molecule has 0 bridgehead atoms. The molecule has 2 N–H and O–H groups in total. The third kappa shape index (κ3) is 4.62. The summed E-state index contributed by atoms with van der Waals surface area (Å²) >= 11 is 12.2. The number of nitrogens with one attached hydrogen (secondary N) is 2. The molecule has 124 valence electrons. The summed E-state index contributed by atoms with van der Waals surface area (Å²) in [6.07, 6.45) is 0. The number of hydrogen-bond donors (Lipinski definition) is 2. The van der Waals surface area contributed by atoms with Crippen molar-refractivity contribution in [1.29, 1.82) is 0 Å². The van der Waals surface area contributed by atoms with Crippen LogP contribution >= 0.6 is 23.2 Å². The molecule has 0 saturated carbocycles. The van der Waals surface area contributed by atoms with Crippen LogP contribution < -0.4 is 10.6 Å². The zero-order valence-corrected chi connectivity index (χ0v) is 15.1. The lowest BCUT2D eigenvalue weighted by molar-refractivity contribution is 0.463. The van der Waals surface area contributed by atoms with Crippen molar-refractivity contribution in [3.8, 4) is 0 Å². The van der Waals surface area contributed by atoms with Gasteiger partial charge in [0.05, 0.1) is 18.3 Å². The number of benzene rings is 1. The van der Waals surface area contributed by atoms with E-state index in [1.165, 1.54) is 0 Å². The Morgan fingerprint density at radius 2 is 2.09 bits per heavy atom. The molecule has 1 atom stereocenters. The van der Waals surface area contributed by atoms with Crippen molar-refractivity contribution in [2.24, 2.45) is 4.99 Å². The summed E-state index contributed by atoms with van der Waals surface area (Å²) in [6, 6.07) is 5.41. The van der Waals surface area contributed by atoms with E-state index in [-0.39, 0.29) is 6.04 Å². The Morgan fingerprint density at radius 1 is 1.35 bits per heavy atom. The summed E-state index contributed by atoms with van der Waals surface area (Å²) < 4.78 is 5.54. The highest BCUT2D eigenvalue weighted by atomic mass is 35.5. The SMILES string of the molecule is CN=C(NCc1nc(C)c(C)o1)NC(C)c1ccc(Cl)cc1Cl. The number of halogens is 2. The lowest BCUT2D eigenvalue weighted by atomic mass is 10.1. The highest BCUT2D eigenvalue weighted by Gasteiger charge is 2.12. The maximum absolute atomic E-state index is 6.23. The topological polar surface area (TPSA) is 62.5 Å². The van der Waals surface area contributed by atoms with E-state index < -0.39 is 0 Å². The quantitative estimate of drug-likeness (QED) is 0.642. The number of guanidine groups is 1. The first-order valence-corrected chi connectivity index (χ1v) is 8.01. The monoisotopic (exact) mass is 354 g/mol. The van der Waals surface area contributed by atoms with Gasteiger partial charge in [-0.15, -0.1) is 0 Å². The average Bonchev–Trinajstić information content (AvgIpc) is 2.81. The van der Waals surface area contributed by atoms with Crippen LogP contribution in [-0.4, -0.2) is 18.0 Å². The van der Waals surface area contributed by atoms with Gasteiger partial charge in [0.15, 0.2) is 5.96 Å². The van der Waals surface area contributed by atoms with Gasteiger partial charge >= 0.3 is 0 Å². The van der Waals surface area contributed by atoms with Crippen LogP contribution in [-0.2, 0) is 6.54 Å². The summed E-state index contributed by atoms with van der Waals surface area (Å²) in [5, 5.41) is 7.68. The van der Waals surface area contributed by atoms with Crippen molar-refractivity contribution < 1.29 is 4.42 Å². The minimum absolute atomic E-state index is 0.0287. The number of aromatic nitrogens is 1. The predicted molar refractivity (Wildman–Crippen MR) is 94.2 cm³/mol. The van der Waals surface area contributed by atoms with Crippen LogP contribution in [0.2, 0.25) is 10.0 Å². The van der Waals surface area contributed by atoms with Crippen LogP contribution in [0, 0.1) is 13.8 Å². The molecular formula is C16H20Cl2N4O. The summed E-state index contributed by atoms with van der Waals surface area (Å²) in [5.74, 6) is 2.09. The molecule has 0 amide bonds. The van der Waals surface area contributed by atoms with Crippen molar-refractivity contribution in [2.75, 3.05) is 7.05 Å². The molecule has 0 spiro atoms. The predicted octanol–water partition coefficient (Wildman–Crippen LogP) is 4.02. The van der Waals surface area contributed by atoms with Crippen molar-refractivity contribution in [2.45, 2.75) is 33.4 Å². The third-order valence-corrected chi connectivity index (χ3v) is 4.05. The molecule has 2 aromatic rings. The molecule has 1 aromatic heterocycles. The molecule has 0 aliphatic rings. The Labute approximate surface area is 146 Å². The summed E-state index contributed by atoms with van der Waals surface area (Å²) in [5.41, 5.74) is 1.84. The van der Waals surface area contributed by atoms with Gasteiger partial charge in [-0.3, -0.25) is 4.99 Å². The molecule has 0 fully saturated rings. The molecule has 0 saturated heterocycles. The van der Waals surface area contributed by atoms with Gasteiger partial charge in [-0.2, -0.15) is 0 Å². The zero-order valence-electron chi connectivity index (χ0n) is 13.6. The Hall–Kier alpha value is -1.72. The lowest BCUT2D eigenvalue weighted by Crippen LogP contribution is -2.38. The van der Waals surface area contributed by atoms with Gasteiger partial charge in [0.1, 0.15) is 5.76 Å². The van der Waals surface area contributed by atoms with Gasteiger partial charge in [0.25, 0.3) is 0 Å². The molecule has 0 aliphatic heterocycles. The number of hydrogen-bond acceptors (Lipinski definition) is 3. The smallest absolute Gasteiger partial charge is 0.214 e. The molecule has 7 heteroatoms. The number of nitrogens with zero attached hydrogens (tertiary/aromatic N) is 2. The summed E-state index contributed by atoms with van der Waals surface area (Å²) in [7, 11) is 1.71. The van der Waals surface area contributed by atoms with Gasteiger partial charge in [0.2, 0.25) is 5.89 Å². The van der Waals surface area contributed by atoms with Crippen LogP contribution in [0.1, 0.15) is 35.9 Å². The first kappa shape index (κ1) is 17.6. The van der Waals surface area contributed by atoms with E-state index in [0.29, 0.717) is 28.4 Å². The normalized spacial score (nSPS) is 13.0. The molecular weight excluding hydrogens is 335 g/mol. The minimum Gasteiger partial charge on any atom is -0.444 e. The second-order valence-corrected chi connectivity index (χ2v) is 6.05. The number of aliphatic imine (C=N–C) groups is 1. The molecule has 1 aromatic carbocycles. The van der Waals surface area contributed by atoms with Crippen molar-refractivity contribution in [3.05, 3.63) is 51.2 Å². The van der Waals surface area contributed by atoms with Crippen LogP contribution in [0.3, 0.4) is 0 Å². The zero-order chi connectivity index (χ0) is 17.0. The van der Waals surface area contributed by atoms with E-state index in [9.17, 15) is 0 Å². The van der Waals surface area contributed by atoms with E-state index in [0.717, 1.165) is 17.0 Å². The third-order valence-electron chi connectivity index (χ3n) is 3.49. The summed E-state index contributed by atoms with van der Waals surface area (Å²) in [4.78, 5) is 8.53. The summed E-state index contributed by atoms with van der Waals surface area (Å²) in [6.45, 7) is 6.26. The van der Waals surface area contributed by atoms with E-state index >= 15 is 0 Å². The van der Waals surface area contributed by atoms with Gasteiger partial charge in [-0.25, -0.2) is 4.98 Å². The van der Waals surface area contributed by atoms with E-state index in [4.69, 9.17) is 27.6 Å². The van der Waals surface area contributed by atoms with Crippen molar-refractivity contribution in [1.82, 2.24) is 15.6 Å². The Morgan fingerprint density at radius 3 is 2.65 bits per heavy atom. The van der Waals surface area contributed by atoms with Crippen LogP contribution in [0.15, 0.2) is 27.6 Å². The van der Waals surface area contributed by atoms with Crippen LogP contribution in [0.5, 0.6) is 0 Å².